The van der Waals surface area contributed by atoms with Crippen LogP contribution in [0, 0.1) is 0 Å². The highest BCUT2D eigenvalue weighted by Gasteiger charge is 2.35. The maximum absolute atomic E-state index is 12.8. The van der Waals surface area contributed by atoms with E-state index in [1.165, 1.54) is 0 Å². The number of fused-ring (bicyclic) bond motifs is 2. The van der Waals surface area contributed by atoms with E-state index in [-0.39, 0.29) is 63.8 Å². The summed E-state index contributed by atoms with van der Waals surface area (Å²) < 4.78 is 0. The van der Waals surface area contributed by atoms with Crippen molar-refractivity contribution in [1.29, 1.82) is 0 Å². The van der Waals surface area contributed by atoms with Gasteiger partial charge >= 0.3 is 23.9 Å². The van der Waals surface area contributed by atoms with Crippen LogP contribution in [0.3, 0.4) is 0 Å². The first-order valence-corrected chi connectivity index (χ1v) is 37.7. The number of anilines is 6. The second-order valence-corrected chi connectivity index (χ2v) is 28.5. The van der Waals surface area contributed by atoms with Crippen LogP contribution in [0.5, 0.6) is 0 Å². The number of nitrogens with zero attached hydrogens (tertiary/aromatic N) is 9. The molecule has 3 amide bonds. The number of carboxylic acid groups (broad SMARTS) is 4. The number of halogens is 3. The summed E-state index contributed by atoms with van der Waals surface area (Å²) in [5, 5.41) is 60.7. The summed E-state index contributed by atoms with van der Waals surface area (Å²) in [5.74, 6) is -2.04. The van der Waals surface area contributed by atoms with Gasteiger partial charge in [-0.25, -0.2) is 34.7 Å². The highest BCUT2D eigenvalue weighted by Crippen LogP contribution is 2.35. The van der Waals surface area contributed by atoms with E-state index in [0.717, 1.165) is 69.1 Å². The van der Waals surface area contributed by atoms with Gasteiger partial charge in [-0.2, -0.15) is 0 Å². The number of carboxylic acids is 4. The third-order valence-electron chi connectivity index (χ3n) is 18.7. The number of nitrogens with one attached hydrogen (secondary N) is 3. The average Bonchev–Trinajstić information content (AvgIpc) is 1.52. The summed E-state index contributed by atoms with van der Waals surface area (Å²) in [5.41, 5.74) is 7.40. The van der Waals surface area contributed by atoms with Gasteiger partial charge in [-0.15, -0.1) is 11.8 Å². The molecule has 24 nitrogen and oxygen atoms in total. The first-order chi connectivity index (χ1) is 53.1. The number of aliphatic hydroxyl groups is 1. The van der Waals surface area contributed by atoms with Gasteiger partial charge in [-0.3, -0.25) is 28.8 Å². The SMILES string of the molecule is CSc1ccc(C(=O)Nc2ccc(Cc3nc(Cl)c(CC(=O)O)c(N4CCCC4)n3)cc2)cc1.O=C(O)Cc1c(Cl)nc(Cc2ccc(NC(=O)c3ccc4ccccc4c3)cc2)nc1N1CCC(O)C1.O=C(O)Cc1c(Cl)nc(Cc2ccc(NC(=O)c3ccc4ccccc4c3)cc2)nc1N1CCC[C@H]1C(=O)O. The molecule has 3 saturated heterocycles. The van der Waals surface area contributed by atoms with Crippen molar-refractivity contribution in [3.8, 4) is 0 Å². The quantitative estimate of drug-likeness (QED) is 0.0218. The molecular formula is C82H75Cl3N12O12S. The lowest BCUT2D eigenvalue weighted by Gasteiger charge is -2.25. The first kappa shape index (κ1) is 78.0. The number of carbonyl (C=O) groups is 7. The van der Waals surface area contributed by atoms with Crippen LogP contribution < -0.4 is 30.7 Å². The topological polar surface area (TPSA) is 344 Å². The molecule has 28 heteroatoms. The predicted octanol–water partition coefficient (Wildman–Crippen LogP) is 14.1. The van der Waals surface area contributed by atoms with E-state index < -0.39 is 42.4 Å². The number of benzene rings is 8. The fourth-order valence-corrected chi connectivity index (χ4v) is 14.3. The van der Waals surface area contributed by atoms with Crippen LogP contribution in [0.25, 0.3) is 21.5 Å². The van der Waals surface area contributed by atoms with Crippen LogP contribution in [-0.4, -0.2) is 148 Å². The van der Waals surface area contributed by atoms with Crippen LogP contribution in [-0.2, 0) is 57.7 Å². The zero-order valence-corrected chi connectivity index (χ0v) is 62.5. The maximum atomic E-state index is 12.8. The second-order valence-electron chi connectivity index (χ2n) is 26.5. The number of β-amino-alcohol motifs (C(OH)–C–C–N with tert-alkyl or cyclic N) is 1. The Labute approximate surface area is 651 Å². The molecule has 1 unspecified atom stereocenters. The summed E-state index contributed by atoms with van der Waals surface area (Å²) in [4.78, 5) is 117. The molecule has 8 aromatic carbocycles. The molecule has 3 aromatic heterocycles. The monoisotopic (exact) mass is 1560 g/mol. The van der Waals surface area contributed by atoms with E-state index in [1.807, 2.05) is 169 Å². The molecule has 6 heterocycles. The van der Waals surface area contributed by atoms with Crippen molar-refractivity contribution in [2.24, 2.45) is 0 Å². The van der Waals surface area contributed by atoms with Crippen molar-refractivity contribution in [3.63, 3.8) is 0 Å². The van der Waals surface area contributed by atoms with Crippen LogP contribution in [0.4, 0.5) is 34.5 Å². The van der Waals surface area contributed by atoms with Crippen molar-refractivity contribution < 1.29 is 59.1 Å². The number of aliphatic hydroxyl groups excluding tert-OH is 1. The number of hydrogen-bond acceptors (Lipinski definition) is 18. The molecule has 0 bridgehead atoms. The van der Waals surface area contributed by atoms with Crippen molar-refractivity contribution in [2.75, 3.05) is 69.6 Å². The molecule has 110 heavy (non-hydrogen) atoms. The summed E-state index contributed by atoms with van der Waals surface area (Å²) in [6.45, 7) is 3.01. The van der Waals surface area contributed by atoms with E-state index in [9.17, 15) is 59.1 Å². The number of carbonyl (C=O) groups excluding carboxylic acids is 3. The van der Waals surface area contributed by atoms with Gasteiger partial charge in [0.2, 0.25) is 0 Å². The Morgan fingerprint density at radius 3 is 1.20 bits per heavy atom. The molecular weight excluding hydrogens is 1480 g/mol. The summed E-state index contributed by atoms with van der Waals surface area (Å²) in [6, 6.07) is 55.6. The third kappa shape index (κ3) is 20.2. The highest BCUT2D eigenvalue weighted by molar-refractivity contribution is 7.98. The van der Waals surface area contributed by atoms with E-state index >= 15 is 0 Å². The Balaban J connectivity index is 0.000000154. The van der Waals surface area contributed by atoms with Crippen LogP contribution >= 0.6 is 46.6 Å². The van der Waals surface area contributed by atoms with Gasteiger partial charge in [0.15, 0.2) is 0 Å². The van der Waals surface area contributed by atoms with E-state index in [2.05, 4.69) is 50.8 Å². The van der Waals surface area contributed by atoms with Crippen molar-refractivity contribution in [3.05, 3.63) is 265 Å². The molecule has 0 spiro atoms. The Morgan fingerprint density at radius 1 is 0.427 bits per heavy atom. The Morgan fingerprint density at radius 2 is 0.809 bits per heavy atom. The van der Waals surface area contributed by atoms with Crippen LogP contribution in [0.15, 0.2) is 187 Å². The molecule has 0 radical (unpaired) electrons. The molecule has 3 fully saturated rings. The summed E-state index contributed by atoms with van der Waals surface area (Å²) in [7, 11) is 0. The van der Waals surface area contributed by atoms with Gasteiger partial charge in [-0.1, -0.05) is 132 Å². The molecule has 3 aliphatic rings. The Hall–Kier alpha value is -11.6. The fourth-order valence-electron chi connectivity index (χ4n) is 13.2. The van der Waals surface area contributed by atoms with E-state index in [1.54, 1.807) is 40.9 Å². The molecule has 3 aliphatic heterocycles. The van der Waals surface area contributed by atoms with Gasteiger partial charge in [0.25, 0.3) is 17.7 Å². The minimum atomic E-state index is -1.11. The van der Waals surface area contributed by atoms with E-state index in [4.69, 9.17) is 34.8 Å². The number of hydrogen-bond donors (Lipinski definition) is 8. The minimum Gasteiger partial charge on any atom is -0.481 e. The molecule has 11 aromatic rings. The zero-order valence-electron chi connectivity index (χ0n) is 59.4. The normalized spacial score (nSPS) is 14.5. The summed E-state index contributed by atoms with van der Waals surface area (Å²) in [6.07, 6.45) is 5.41. The largest absolute Gasteiger partial charge is 0.481 e. The van der Waals surface area contributed by atoms with Crippen LogP contribution in [0.1, 0.15) is 114 Å². The smallest absolute Gasteiger partial charge is 0.326 e. The lowest BCUT2D eigenvalue weighted by molar-refractivity contribution is -0.138. The van der Waals surface area contributed by atoms with Crippen molar-refractivity contribution in [2.45, 2.75) is 87.7 Å². The average molecular weight is 1560 g/mol. The minimum absolute atomic E-state index is 0.00675. The molecule has 2 atom stereocenters. The lowest BCUT2D eigenvalue weighted by atomic mass is 10.1. The second kappa shape index (κ2) is 36.1. The van der Waals surface area contributed by atoms with Gasteiger partial charge < -0.3 is 56.2 Å². The Kier molecular flexibility index (Phi) is 25.6. The number of rotatable bonds is 23. The molecule has 0 saturated carbocycles. The first-order valence-electron chi connectivity index (χ1n) is 35.4. The van der Waals surface area contributed by atoms with Gasteiger partial charge in [0, 0.05) is 107 Å². The van der Waals surface area contributed by atoms with Crippen molar-refractivity contribution in [1.82, 2.24) is 29.9 Å². The number of aliphatic carboxylic acids is 4. The maximum Gasteiger partial charge on any atom is 0.326 e. The number of aromatic nitrogens is 6. The van der Waals surface area contributed by atoms with Crippen LogP contribution in [0.2, 0.25) is 15.5 Å². The van der Waals surface area contributed by atoms with Gasteiger partial charge in [0.1, 0.15) is 56.4 Å². The highest BCUT2D eigenvalue weighted by atomic mass is 35.5. The molecule has 14 rings (SSSR count). The molecule has 0 aliphatic carbocycles. The standard InChI is InChI=1S/C29H25ClN4O5.C28H25ClN4O4.C25H25ClN4O3S/c30-26-22(16-25(35)36)27(34-13-3-6-23(34)29(38)39)33-24(32-26)14-17-7-11-21(12-8-17)31-28(37)20-10-9-18-4-1-2-5-19(18)15-20;29-26-23(15-25(35)36)27(33-12-11-22(34)16-33)32-24(31-26)13-17-5-9-21(10-6-17)30-28(37)20-8-7-18-3-1-2-4-19(18)14-20;1-34-19-10-6-17(7-11-19)25(33)27-18-8-4-16(5-9-18)14-21-28-23(26)20(15-22(31)32)24(29-21)30-12-2-3-13-30/h1-2,4-5,7-12,15,23H,3,6,13-14,16H2,(H,31,37)(H,35,36)(H,38,39);1-10,14,22,34H,11-13,15-16H2,(H,30,37)(H,35,36);4-11H,2-3,12-15H2,1H3,(H,27,33)(H,31,32)/t23-;;/m0../s1. The predicted molar refractivity (Wildman–Crippen MR) is 425 cm³/mol. The number of thioether (sulfide) groups is 1. The summed E-state index contributed by atoms with van der Waals surface area (Å²) >= 11 is 20.8. The van der Waals surface area contributed by atoms with Crippen molar-refractivity contribution >= 4 is 144 Å². The number of amides is 3. The molecule has 562 valence electrons. The third-order valence-corrected chi connectivity index (χ3v) is 20.4. The van der Waals surface area contributed by atoms with Gasteiger partial charge in [0.05, 0.1) is 25.4 Å². The van der Waals surface area contributed by atoms with E-state index in [0.29, 0.717) is 126 Å². The zero-order chi connectivity index (χ0) is 77.5. The van der Waals surface area contributed by atoms with Gasteiger partial charge in [-0.05, 0) is 162 Å². The Bertz CT molecular complexity index is 5260. The fraction of sp³-hybridized carbons (Fsp3) is 0.232. The lowest BCUT2D eigenvalue weighted by Crippen LogP contribution is -2.37. The molecule has 8 N–H and O–H groups in total.